The van der Waals surface area contributed by atoms with Crippen LogP contribution in [-0.4, -0.2) is 39.9 Å². The highest BCUT2D eigenvalue weighted by molar-refractivity contribution is 5.95. The first-order valence-electron chi connectivity index (χ1n) is 7.45. The first kappa shape index (κ1) is 15.7. The van der Waals surface area contributed by atoms with Crippen LogP contribution >= 0.6 is 0 Å². The van der Waals surface area contributed by atoms with Gasteiger partial charge in [-0.2, -0.15) is 5.26 Å². The number of amides is 1. The normalized spacial score (nSPS) is 16.5. The van der Waals surface area contributed by atoms with Crippen LogP contribution < -0.4 is 10.6 Å². The van der Waals surface area contributed by atoms with Crippen molar-refractivity contribution < 1.29 is 9.18 Å². The van der Waals surface area contributed by atoms with Gasteiger partial charge in [-0.05, 0) is 30.7 Å². The Kier molecular flexibility index (Phi) is 4.52. The lowest BCUT2D eigenvalue weighted by atomic mass is 10.1. The van der Waals surface area contributed by atoms with Gasteiger partial charge in [-0.1, -0.05) is 0 Å². The molecule has 0 spiro atoms. The highest BCUT2D eigenvalue weighted by Crippen LogP contribution is 2.18. The molecule has 8 heteroatoms. The maximum Gasteiger partial charge on any atom is 0.254 e. The fourth-order valence-corrected chi connectivity index (χ4v) is 2.50. The van der Waals surface area contributed by atoms with E-state index in [1.807, 2.05) is 6.19 Å². The monoisotopic (exact) mass is 326 g/mol. The molecule has 1 fully saturated rings. The van der Waals surface area contributed by atoms with E-state index in [4.69, 9.17) is 5.26 Å². The Labute approximate surface area is 138 Å². The molecular weight excluding hydrogens is 311 g/mol. The van der Waals surface area contributed by atoms with Crippen LogP contribution in [0.2, 0.25) is 0 Å². The molecule has 122 valence electrons. The number of aromatic nitrogens is 2. The van der Waals surface area contributed by atoms with Crippen molar-refractivity contribution in [3.05, 3.63) is 48.0 Å². The van der Waals surface area contributed by atoms with E-state index in [2.05, 4.69) is 20.6 Å². The molecule has 1 saturated heterocycles. The van der Waals surface area contributed by atoms with Crippen LogP contribution in [0.15, 0.2) is 36.7 Å². The van der Waals surface area contributed by atoms with E-state index in [1.54, 1.807) is 29.4 Å². The van der Waals surface area contributed by atoms with Crippen LogP contribution in [0.1, 0.15) is 16.8 Å². The first-order chi connectivity index (χ1) is 11.7. The minimum Gasteiger partial charge on any atom is -0.347 e. The number of nitrogens with one attached hydrogen (secondary N) is 2. The number of carbonyl (C=O) groups is 1. The predicted molar refractivity (Wildman–Crippen MR) is 84.8 cm³/mol. The Hall–Kier alpha value is -3.21. The second-order valence-corrected chi connectivity index (χ2v) is 5.40. The maximum atomic E-state index is 14.2. The zero-order valence-electron chi connectivity index (χ0n) is 12.7. The minimum atomic E-state index is -0.636. The number of nitrogens with zero attached hydrogens (tertiary/aromatic N) is 4. The largest absolute Gasteiger partial charge is 0.347 e. The van der Waals surface area contributed by atoms with Gasteiger partial charge in [0.1, 0.15) is 5.82 Å². The van der Waals surface area contributed by atoms with Crippen molar-refractivity contribution in [1.82, 2.24) is 20.2 Å². The van der Waals surface area contributed by atoms with Crippen LogP contribution in [-0.2, 0) is 0 Å². The molecule has 0 bridgehead atoms. The highest BCUT2D eigenvalue weighted by atomic mass is 19.1. The number of likely N-dealkylation sites (tertiary alicyclic amines) is 1. The molecule has 1 aromatic heterocycles. The zero-order chi connectivity index (χ0) is 16.9. The van der Waals surface area contributed by atoms with E-state index in [0.717, 1.165) is 0 Å². The Balaban J connectivity index is 1.66. The van der Waals surface area contributed by atoms with Crippen LogP contribution in [0.4, 0.5) is 16.0 Å². The number of nitriles is 1. The number of hydrogen-bond acceptors (Lipinski definition) is 6. The van der Waals surface area contributed by atoms with E-state index < -0.39 is 11.7 Å². The Bertz CT molecular complexity index is 776. The molecule has 0 radical (unpaired) electrons. The molecule has 1 aliphatic heterocycles. The summed E-state index contributed by atoms with van der Waals surface area (Å²) in [6.45, 7) is 1.05. The number of benzene rings is 1. The summed E-state index contributed by atoms with van der Waals surface area (Å²) in [4.78, 5) is 21.7. The molecule has 3 rings (SSSR count). The third-order valence-corrected chi connectivity index (χ3v) is 3.70. The summed E-state index contributed by atoms with van der Waals surface area (Å²) in [6.07, 6.45) is 5.85. The Morgan fingerprint density at radius 3 is 2.83 bits per heavy atom. The molecule has 1 aliphatic rings. The molecule has 0 unspecified atom stereocenters. The van der Waals surface area contributed by atoms with Crippen molar-refractivity contribution in [3.63, 3.8) is 0 Å². The van der Waals surface area contributed by atoms with Gasteiger partial charge in [0.15, 0.2) is 6.19 Å². The van der Waals surface area contributed by atoms with Crippen LogP contribution in [0.5, 0.6) is 0 Å². The second kappa shape index (κ2) is 6.91. The summed E-state index contributed by atoms with van der Waals surface area (Å²) >= 11 is 0. The van der Waals surface area contributed by atoms with Gasteiger partial charge >= 0.3 is 0 Å². The topological polar surface area (TPSA) is 93.9 Å². The van der Waals surface area contributed by atoms with E-state index in [1.165, 1.54) is 12.1 Å². The zero-order valence-corrected chi connectivity index (χ0v) is 12.7. The third-order valence-electron chi connectivity index (χ3n) is 3.70. The van der Waals surface area contributed by atoms with Crippen molar-refractivity contribution in [2.75, 3.05) is 18.4 Å². The molecule has 2 aromatic rings. The Morgan fingerprint density at radius 2 is 2.17 bits per heavy atom. The average Bonchev–Trinajstić information content (AvgIpc) is 3.03. The van der Waals surface area contributed by atoms with Gasteiger partial charge in [-0.3, -0.25) is 4.79 Å². The summed E-state index contributed by atoms with van der Waals surface area (Å²) < 4.78 is 14.2. The van der Waals surface area contributed by atoms with E-state index in [-0.39, 0.29) is 11.6 Å². The standard InChI is InChI=1S/C16H15FN6O/c17-14-8-11(22-16-19-5-1-6-20-16)2-3-13(14)15(24)21-12-4-7-23(9-12)10-18/h1-3,5-6,8,12H,4,7,9H2,(H,21,24)(H,19,20,22)/t12-/m1/s1. The molecule has 0 saturated carbocycles. The molecule has 0 aliphatic carbocycles. The van der Waals surface area contributed by atoms with Gasteiger partial charge in [0, 0.05) is 37.2 Å². The fourth-order valence-electron chi connectivity index (χ4n) is 2.50. The van der Waals surface area contributed by atoms with Crippen LogP contribution in [0.25, 0.3) is 0 Å². The lowest BCUT2D eigenvalue weighted by Gasteiger charge is -2.13. The van der Waals surface area contributed by atoms with Crippen molar-refractivity contribution in [1.29, 1.82) is 5.26 Å². The van der Waals surface area contributed by atoms with Gasteiger partial charge in [-0.25, -0.2) is 14.4 Å². The molecule has 1 amide bonds. The molecule has 24 heavy (non-hydrogen) atoms. The molecule has 1 aromatic carbocycles. The van der Waals surface area contributed by atoms with Crippen LogP contribution in [0, 0.1) is 17.3 Å². The minimum absolute atomic E-state index is 0.0371. The summed E-state index contributed by atoms with van der Waals surface area (Å²) in [5, 5.41) is 14.4. The fraction of sp³-hybridized carbons (Fsp3) is 0.250. The van der Waals surface area contributed by atoms with E-state index in [0.29, 0.717) is 31.1 Å². The third kappa shape index (κ3) is 3.57. The molecule has 7 nitrogen and oxygen atoms in total. The van der Waals surface area contributed by atoms with Crippen molar-refractivity contribution in [3.8, 4) is 6.19 Å². The second-order valence-electron chi connectivity index (χ2n) is 5.40. The number of anilines is 2. The van der Waals surface area contributed by atoms with E-state index in [9.17, 15) is 9.18 Å². The van der Waals surface area contributed by atoms with Gasteiger partial charge in [0.05, 0.1) is 5.56 Å². The van der Waals surface area contributed by atoms with Crippen molar-refractivity contribution >= 4 is 17.5 Å². The molecule has 2 heterocycles. The first-order valence-corrected chi connectivity index (χ1v) is 7.45. The van der Waals surface area contributed by atoms with Gasteiger partial charge in [0.25, 0.3) is 5.91 Å². The number of rotatable bonds is 4. The average molecular weight is 326 g/mol. The summed E-state index contributed by atoms with van der Waals surface area (Å²) in [7, 11) is 0. The van der Waals surface area contributed by atoms with Gasteiger partial charge in [0.2, 0.25) is 5.95 Å². The number of hydrogen-bond donors (Lipinski definition) is 2. The van der Waals surface area contributed by atoms with Gasteiger partial charge < -0.3 is 15.5 Å². The van der Waals surface area contributed by atoms with E-state index >= 15 is 0 Å². The lowest BCUT2D eigenvalue weighted by molar-refractivity contribution is 0.0935. The summed E-state index contributed by atoms with van der Waals surface area (Å²) in [5.41, 5.74) is 0.414. The molecule has 1 atom stereocenters. The predicted octanol–water partition coefficient (Wildman–Crippen LogP) is 1.64. The molecule has 2 N–H and O–H groups in total. The van der Waals surface area contributed by atoms with Gasteiger partial charge in [-0.15, -0.1) is 0 Å². The smallest absolute Gasteiger partial charge is 0.254 e. The quantitative estimate of drug-likeness (QED) is 0.830. The maximum absolute atomic E-state index is 14.2. The Morgan fingerprint density at radius 1 is 1.38 bits per heavy atom. The number of carbonyl (C=O) groups excluding carboxylic acids is 1. The van der Waals surface area contributed by atoms with Crippen LogP contribution in [0.3, 0.4) is 0 Å². The summed E-state index contributed by atoms with van der Waals surface area (Å²) in [5.74, 6) is -0.778. The lowest BCUT2D eigenvalue weighted by Crippen LogP contribution is -2.36. The van der Waals surface area contributed by atoms with Crippen molar-refractivity contribution in [2.45, 2.75) is 12.5 Å². The highest BCUT2D eigenvalue weighted by Gasteiger charge is 2.24. The number of halogens is 1. The SMILES string of the molecule is N#CN1CC[C@@H](NC(=O)c2ccc(Nc3ncccn3)cc2F)C1. The molecular formula is C16H15FN6O. The van der Waals surface area contributed by atoms with Crippen molar-refractivity contribution in [2.24, 2.45) is 0 Å². The summed E-state index contributed by atoms with van der Waals surface area (Å²) in [6, 6.07) is 5.75.